The Morgan fingerprint density at radius 1 is 1.39 bits per heavy atom. The highest BCUT2D eigenvalue weighted by Gasteiger charge is 2.16. The number of carboxylic acid groups (broad SMARTS) is 1. The monoisotopic (exact) mass is 301 g/mol. The molecule has 6 heteroatoms. The van der Waals surface area contributed by atoms with Crippen LogP contribution in [0, 0.1) is 6.92 Å². The molecule has 0 fully saturated rings. The second-order valence-corrected chi connectivity index (χ2v) is 5.80. The standard InChI is InChI=1S/C12H9Cl2NO2S/c1-6-11(12(16)17)15-10(18-6)5-7-8(13)3-2-4-9(7)14/h2-4H,5H2,1H3,(H,16,17). The van der Waals surface area contributed by atoms with Crippen molar-refractivity contribution >= 4 is 40.5 Å². The highest BCUT2D eigenvalue weighted by atomic mass is 35.5. The second-order valence-electron chi connectivity index (χ2n) is 3.69. The second kappa shape index (κ2) is 5.26. The van der Waals surface area contributed by atoms with Crippen molar-refractivity contribution in [3.8, 4) is 0 Å². The van der Waals surface area contributed by atoms with E-state index in [0.717, 1.165) is 5.56 Å². The van der Waals surface area contributed by atoms with Gasteiger partial charge in [0.25, 0.3) is 0 Å². The van der Waals surface area contributed by atoms with Gasteiger partial charge in [0.1, 0.15) is 0 Å². The number of thiazole rings is 1. The van der Waals surface area contributed by atoms with E-state index in [1.54, 1.807) is 25.1 Å². The van der Waals surface area contributed by atoms with Crippen LogP contribution in [-0.2, 0) is 6.42 Å². The fourth-order valence-corrected chi connectivity index (χ4v) is 3.05. The van der Waals surface area contributed by atoms with Crippen LogP contribution in [-0.4, -0.2) is 16.1 Å². The maximum absolute atomic E-state index is 10.9. The Morgan fingerprint density at radius 3 is 2.50 bits per heavy atom. The number of halogens is 2. The first-order chi connectivity index (χ1) is 8.49. The predicted octanol–water partition coefficient (Wildman–Crippen LogP) is 4.05. The third-order valence-corrected chi connectivity index (χ3v) is 4.11. The van der Waals surface area contributed by atoms with Crippen LogP contribution >= 0.6 is 34.5 Å². The summed E-state index contributed by atoms with van der Waals surface area (Å²) in [5.74, 6) is -1.01. The van der Waals surface area contributed by atoms with Crippen LogP contribution in [0.25, 0.3) is 0 Å². The van der Waals surface area contributed by atoms with E-state index in [1.807, 2.05) is 0 Å². The topological polar surface area (TPSA) is 50.2 Å². The lowest BCUT2D eigenvalue weighted by atomic mass is 10.1. The molecule has 0 atom stereocenters. The average Bonchev–Trinajstić information content (AvgIpc) is 2.65. The largest absolute Gasteiger partial charge is 0.476 e. The molecule has 18 heavy (non-hydrogen) atoms. The first kappa shape index (κ1) is 13.3. The maximum Gasteiger partial charge on any atom is 0.355 e. The van der Waals surface area contributed by atoms with Crippen molar-refractivity contribution in [3.05, 3.63) is 49.4 Å². The first-order valence-electron chi connectivity index (χ1n) is 5.11. The fraction of sp³-hybridized carbons (Fsp3) is 0.167. The molecule has 0 saturated heterocycles. The molecule has 0 amide bonds. The van der Waals surface area contributed by atoms with Crippen molar-refractivity contribution in [2.24, 2.45) is 0 Å². The summed E-state index contributed by atoms with van der Waals surface area (Å²) in [5.41, 5.74) is 0.865. The molecule has 2 aromatic rings. The molecule has 1 aromatic carbocycles. The van der Waals surface area contributed by atoms with Gasteiger partial charge in [0.15, 0.2) is 5.69 Å². The van der Waals surface area contributed by atoms with Gasteiger partial charge in [-0.2, -0.15) is 0 Å². The molecule has 0 bridgehead atoms. The molecule has 1 heterocycles. The highest BCUT2D eigenvalue weighted by molar-refractivity contribution is 7.11. The third-order valence-electron chi connectivity index (χ3n) is 2.43. The summed E-state index contributed by atoms with van der Waals surface area (Å²) >= 11 is 13.5. The van der Waals surface area contributed by atoms with E-state index < -0.39 is 5.97 Å². The number of carboxylic acids is 1. The molecule has 0 unspecified atom stereocenters. The van der Waals surface area contributed by atoms with Gasteiger partial charge in [0.2, 0.25) is 0 Å². The number of hydrogen-bond acceptors (Lipinski definition) is 3. The number of benzene rings is 1. The summed E-state index contributed by atoms with van der Waals surface area (Å²) in [6.45, 7) is 1.73. The van der Waals surface area contributed by atoms with E-state index in [9.17, 15) is 4.79 Å². The molecule has 1 N–H and O–H groups in total. The van der Waals surface area contributed by atoms with Crippen LogP contribution in [0.1, 0.15) is 25.9 Å². The molecule has 1 aromatic heterocycles. The molecule has 0 aliphatic heterocycles. The van der Waals surface area contributed by atoms with Crippen LogP contribution in [0.5, 0.6) is 0 Å². The van der Waals surface area contributed by atoms with Crippen LogP contribution in [0.4, 0.5) is 0 Å². The quantitative estimate of drug-likeness (QED) is 0.930. The molecule has 3 nitrogen and oxygen atoms in total. The Morgan fingerprint density at radius 2 is 2.00 bits per heavy atom. The van der Waals surface area contributed by atoms with E-state index in [0.29, 0.717) is 26.4 Å². The normalized spacial score (nSPS) is 10.6. The Bertz CT molecular complexity index is 590. The van der Waals surface area contributed by atoms with E-state index >= 15 is 0 Å². The zero-order valence-electron chi connectivity index (χ0n) is 9.41. The van der Waals surface area contributed by atoms with Crippen molar-refractivity contribution in [2.45, 2.75) is 13.3 Å². The summed E-state index contributed by atoms with van der Waals surface area (Å²) in [5, 5.41) is 10.8. The van der Waals surface area contributed by atoms with Gasteiger partial charge in [-0.1, -0.05) is 29.3 Å². The SMILES string of the molecule is Cc1sc(Cc2c(Cl)cccc2Cl)nc1C(=O)O. The summed E-state index contributed by atoms with van der Waals surface area (Å²) in [4.78, 5) is 15.7. The number of hydrogen-bond donors (Lipinski definition) is 1. The van der Waals surface area contributed by atoms with E-state index in [2.05, 4.69) is 4.98 Å². The number of nitrogens with zero attached hydrogens (tertiary/aromatic N) is 1. The van der Waals surface area contributed by atoms with Crippen LogP contribution in [0.3, 0.4) is 0 Å². The lowest BCUT2D eigenvalue weighted by Crippen LogP contribution is -1.99. The molecule has 0 saturated carbocycles. The van der Waals surface area contributed by atoms with E-state index in [4.69, 9.17) is 28.3 Å². The molecule has 0 radical (unpaired) electrons. The molecule has 0 spiro atoms. The summed E-state index contributed by atoms with van der Waals surface area (Å²) in [6, 6.07) is 5.27. The summed E-state index contributed by atoms with van der Waals surface area (Å²) in [7, 11) is 0. The minimum Gasteiger partial charge on any atom is -0.476 e. The Hall–Kier alpha value is -1.10. The number of aryl methyl sites for hydroxylation is 1. The Kier molecular flexibility index (Phi) is 3.90. The van der Waals surface area contributed by atoms with Gasteiger partial charge >= 0.3 is 5.97 Å². The number of carbonyl (C=O) groups is 1. The van der Waals surface area contributed by atoms with Gasteiger partial charge < -0.3 is 5.11 Å². The highest BCUT2D eigenvalue weighted by Crippen LogP contribution is 2.29. The van der Waals surface area contributed by atoms with Crippen molar-refractivity contribution in [2.75, 3.05) is 0 Å². The molecule has 2 rings (SSSR count). The van der Waals surface area contributed by atoms with Crippen LogP contribution in [0.15, 0.2) is 18.2 Å². The molecular weight excluding hydrogens is 293 g/mol. The van der Waals surface area contributed by atoms with E-state index in [-0.39, 0.29) is 5.69 Å². The van der Waals surface area contributed by atoms with Gasteiger partial charge in [0.05, 0.1) is 5.01 Å². The van der Waals surface area contributed by atoms with Crippen LogP contribution < -0.4 is 0 Å². The number of rotatable bonds is 3. The van der Waals surface area contributed by atoms with E-state index in [1.165, 1.54) is 11.3 Å². The third kappa shape index (κ3) is 2.66. The lowest BCUT2D eigenvalue weighted by molar-refractivity contribution is 0.0690. The summed E-state index contributed by atoms with van der Waals surface area (Å²) < 4.78 is 0. The van der Waals surface area contributed by atoms with Gasteiger partial charge in [-0.05, 0) is 24.6 Å². The lowest BCUT2D eigenvalue weighted by Gasteiger charge is -2.03. The minimum absolute atomic E-state index is 0.0955. The van der Waals surface area contributed by atoms with Gasteiger partial charge in [-0.3, -0.25) is 0 Å². The minimum atomic E-state index is -1.01. The maximum atomic E-state index is 10.9. The Balaban J connectivity index is 2.35. The van der Waals surface area contributed by atoms with Crippen LogP contribution in [0.2, 0.25) is 10.0 Å². The first-order valence-corrected chi connectivity index (χ1v) is 6.68. The van der Waals surface area contributed by atoms with Crippen molar-refractivity contribution in [1.82, 2.24) is 4.98 Å². The average molecular weight is 302 g/mol. The van der Waals surface area contributed by atoms with Gasteiger partial charge in [0, 0.05) is 21.3 Å². The number of aromatic carboxylic acids is 1. The zero-order chi connectivity index (χ0) is 13.3. The van der Waals surface area contributed by atoms with Gasteiger partial charge in [-0.15, -0.1) is 11.3 Å². The summed E-state index contributed by atoms with van der Waals surface area (Å²) in [6.07, 6.45) is 0.442. The predicted molar refractivity (Wildman–Crippen MR) is 73.1 cm³/mol. The number of aromatic nitrogens is 1. The van der Waals surface area contributed by atoms with Crippen molar-refractivity contribution in [3.63, 3.8) is 0 Å². The fourth-order valence-electron chi connectivity index (χ4n) is 1.58. The Labute approximate surface area is 118 Å². The molecular formula is C12H9Cl2NO2S. The van der Waals surface area contributed by atoms with Gasteiger partial charge in [-0.25, -0.2) is 9.78 Å². The molecule has 0 aliphatic carbocycles. The molecule has 0 aliphatic rings. The molecule has 94 valence electrons. The van der Waals surface area contributed by atoms with Crippen molar-refractivity contribution in [1.29, 1.82) is 0 Å². The van der Waals surface area contributed by atoms with Crippen molar-refractivity contribution < 1.29 is 9.90 Å². The smallest absolute Gasteiger partial charge is 0.355 e. The zero-order valence-corrected chi connectivity index (χ0v) is 11.7.